The van der Waals surface area contributed by atoms with Crippen molar-refractivity contribution < 1.29 is 9.59 Å². The fourth-order valence-electron chi connectivity index (χ4n) is 3.06. The standard InChI is InChI=1S/C19H20ClNO2S/c1-13(19(23)21-9-3-2-4-10-21)14-7-8-15(16(20)12-14)18(22)17-6-5-11-24-17/h5-8,11-13H,2-4,9-10H2,1H3/t13-/m0/s1. The first-order valence-electron chi connectivity index (χ1n) is 8.24. The van der Waals surface area contributed by atoms with E-state index in [0.717, 1.165) is 31.5 Å². The molecule has 1 amide bonds. The molecule has 0 saturated carbocycles. The molecule has 1 aliphatic heterocycles. The first-order valence-corrected chi connectivity index (χ1v) is 9.50. The van der Waals surface area contributed by atoms with Crippen LogP contribution in [0.4, 0.5) is 0 Å². The zero-order valence-corrected chi connectivity index (χ0v) is 15.2. The molecule has 1 atom stereocenters. The van der Waals surface area contributed by atoms with Crippen LogP contribution in [0.1, 0.15) is 52.9 Å². The topological polar surface area (TPSA) is 37.4 Å². The summed E-state index contributed by atoms with van der Waals surface area (Å²) in [4.78, 5) is 27.7. The molecular formula is C19H20ClNO2S. The van der Waals surface area contributed by atoms with Crippen molar-refractivity contribution in [3.8, 4) is 0 Å². The molecule has 0 aliphatic carbocycles. The van der Waals surface area contributed by atoms with Gasteiger partial charge in [-0.25, -0.2) is 0 Å². The molecule has 5 heteroatoms. The van der Waals surface area contributed by atoms with Crippen molar-refractivity contribution in [2.75, 3.05) is 13.1 Å². The Morgan fingerprint density at radius 2 is 1.92 bits per heavy atom. The smallest absolute Gasteiger partial charge is 0.229 e. The van der Waals surface area contributed by atoms with Crippen LogP contribution < -0.4 is 0 Å². The Labute approximate surface area is 151 Å². The van der Waals surface area contributed by atoms with Gasteiger partial charge < -0.3 is 4.90 Å². The van der Waals surface area contributed by atoms with Crippen molar-refractivity contribution in [3.63, 3.8) is 0 Å². The summed E-state index contributed by atoms with van der Waals surface area (Å²) in [6.45, 7) is 3.58. The fraction of sp³-hybridized carbons (Fsp3) is 0.368. The summed E-state index contributed by atoms with van der Waals surface area (Å²) in [5.74, 6) is -0.175. The first kappa shape index (κ1) is 17.2. The quantitative estimate of drug-likeness (QED) is 0.737. The van der Waals surface area contributed by atoms with E-state index in [1.807, 2.05) is 29.3 Å². The van der Waals surface area contributed by atoms with Gasteiger partial charge in [-0.05, 0) is 55.3 Å². The summed E-state index contributed by atoms with van der Waals surface area (Å²) in [5.41, 5.74) is 1.35. The van der Waals surface area contributed by atoms with Crippen LogP contribution >= 0.6 is 22.9 Å². The number of ketones is 1. The predicted octanol–water partition coefficient (Wildman–Crippen LogP) is 4.75. The zero-order valence-electron chi connectivity index (χ0n) is 13.6. The Balaban J connectivity index is 1.78. The van der Waals surface area contributed by atoms with Crippen LogP contribution in [0, 0.1) is 0 Å². The molecule has 1 saturated heterocycles. The highest BCUT2D eigenvalue weighted by molar-refractivity contribution is 7.12. The van der Waals surface area contributed by atoms with Crippen LogP contribution in [0.25, 0.3) is 0 Å². The largest absolute Gasteiger partial charge is 0.342 e. The molecule has 0 radical (unpaired) electrons. The van der Waals surface area contributed by atoms with Gasteiger partial charge in [-0.15, -0.1) is 11.3 Å². The van der Waals surface area contributed by atoms with Crippen molar-refractivity contribution in [1.82, 2.24) is 4.90 Å². The second-order valence-corrected chi connectivity index (χ2v) is 7.51. The van der Waals surface area contributed by atoms with E-state index in [2.05, 4.69) is 0 Å². The van der Waals surface area contributed by atoms with Crippen LogP contribution in [0.2, 0.25) is 5.02 Å². The van der Waals surface area contributed by atoms with Gasteiger partial charge in [-0.1, -0.05) is 23.7 Å². The Kier molecular flexibility index (Phi) is 5.36. The van der Waals surface area contributed by atoms with Gasteiger partial charge in [0.1, 0.15) is 0 Å². The minimum Gasteiger partial charge on any atom is -0.342 e. The molecule has 0 unspecified atom stereocenters. The number of piperidine rings is 1. The van der Waals surface area contributed by atoms with Gasteiger partial charge in [0.15, 0.2) is 0 Å². The highest BCUT2D eigenvalue weighted by Gasteiger charge is 2.24. The Morgan fingerprint density at radius 1 is 1.17 bits per heavy atom. The number of rotatable bonds is 4. The number of hydrogen-bond acceptors (Lipinski definition) is 3. The van der Waals surface area contributed by atoms with Crippen LogP contribution in [0.5, 0.6) is 0 Å². The molecule has 3 nitrogen and oxygen atoms in total. The Bertz CT molecular complexity index is 736. The lowest BCUT2D eigenvalue weighted by atomic mass is 9.96. The third-order valence-corrected chi connectivity index (χ3v) is 5.70. The maximum absolute atomic E-state index is 12.6. The lowest BCUT2D eigenvalue weighted by molar-refractivity contribution is -0.133. The number of amides is 1. The number of carbonyl (C=O) groups is 2. The molecule has 126 valence electrons. The average Bonchev–Trinajstić information content (AvgIpc) is 3.15. The van der Waals surface area contributed by atoms with Gasteiger partial charge in [0.2, 0.25) is 11.7 Å². The average molecular weight is 362 g/mol. The van der Waals surface area contributed by atoms with Crippen molar-refractivity contribution in [1.29, 1.82) is 0 Å². The minimum atomic E-state index is -0.244. The molecule has 2 heterocycles. The second kappa shape index (κ2) is 7.49. The number of thiophene rings is 1. The SMILES string of the molecule is C[C@H](C(=O)N1CCCCC1)c1ccc(C(=O)c2cccs2)c(Cl)c1. The number of likely N-dealkylation sites (tertiary alicyclic amines) is 1. The zero-order chi connectivity index (χ0) is 17.1. The lowest BCUT2D eigenvalue weighted by Gasteiger charge is -2.29. The van der Waals surface area contributed by atoms with Crippen LogP contribution in [-0.4, -0.2) is 29.7 Å². The van der Waals surface area contributed by atoms with E-state index in [-0.39, 0.29) is 17.6 Å². The number of hydrogen-bond donors (Lipinski definition) is 0. The van der Waals surface area contributed by atoms with Gasteiger partial charge in [0, 0.05) is 18.7 Å². The third-order valence-electron chi connectivity index (χ3n) is 4.52. The summed E-state index contributed by atoms with van der Waals surface area (Å²) in [6.07, 6.45) is 3.35. The molecule has 0 spiro atoms. The van der Waals surface area contributed by atoms with Crippen LogP contribution in [0.3, 0.4) is 0 Å². The monoisotopic (exact) mass is 361 g/mol. The van der Waals surface area contributed by atoms with Crippen molar-refractivity contribution in [2.24, 2.45) is 0 Å². The normalized spacial score (nSPS) is 16.0. The number of benzene rings is 1. The molecule has 2 aromatic rings. The molecular weight excluding hydrogens is 342 g/mol. The van der Waals surface area contributed by atoms with Gasteiger partial charge in [-0.3, -0.25) is 9.59 Å². The maximum atomic E-state index is 12.6. The Hall–Kier alpha value is -1.65. The minimum absolute atomic E-state index is 0.0726. The maximum Gasteiger partial charge on any atom is 0.229 e. The van der Waals surface area contributed by atoms with Crippen molar-refractivity contribution in [2.45, 2.75) is 32.1 Å². The molecule has 1 aromatic carbocycles. The van der Waals surface area contributed by atoms with Crippen LogP contribution in [-0.2, 0) is 4.79 Å². The molecule has 1 aromatic heterocycles. The molecule has 1 fully saturated rings. The van der Waals surface area contributed by atoms with Gasteiger partial charge in [0.05, 0.1) is 15.8 Å². The Morgan fingerprint density at radius 3 is 2.54 bits per heavy atom. The van der Waals surface area contributed by atoms with Gasteiger partial charge >= 0.3 is 0 Å². The summed E-state index contributed by atoms with van der Waals surface area (Å²) in [7, 11) is 0. The second-order valence-electron chi connectivity index (χ2n) is 6.15. The van der Waals surface area contributed by atoms with E-state index in [0.29, 0.717) is 15.5 Å². The van der Waals surface area contributed by atoms with E-state index in [9.17, 15) is 9.59 Å². The molecule has 0 N–H and O–H groups in total. The highest BCUT2D eigenvalue weighted by atomic mass is 35.5. The number of nitrogens with zero attached hydrogens (tertiary/aromatic N) is 1. The predicted molar refractivity (Wildman–Crippen MR) is 98.0 cm³/mol. The number of carbonyl (C=O) groups excluding carboxylic acids is 2. The summed E-state index contributed by atoms with van der Waals surface area (Å²) in [5, 5.41) is 2.28. The fourth-order valence-corrected chi connectivity index (χ4v) is 4.01. The van der Waals surface area contributed by atoms with E-state index < -0.39 is 0 Å². The first-order chi connectivity index (χ1) is 11.6. The summed E-state index contributed by atoms with van der Waals surface area (Å²) < 4.78 is 0. The van der Waals surface area contributed by atoms with E-state index in [1.54, 1.807) is 18.2 Å². The van der Waals surface area contributed by atoms with Crippen LogP contribution in [0.15, 0.2) is 35.7 Å². The van der Waals surface area contributed by atoms with Gasteiger partial charge in [-0.2, -0.15) is 0 Å². The summed E-state index contributed by atoms with van der Waals surface area (Å²) >= 11 is 7.73. The van der Waals surface area contributed by atoms with Crippen molar-refractivity contribution in [3.05, 3.63) is 56.7 Å². The number of halogens is 1. The van der Waals surface area contributed by atoms with E-state index >= 15 is 0 Å². The molecule has 24 heavy (non-hydrogen) atoms. The lowest BCUT2D eigenvalue weighted by Crippen LogP contribution is -2.38. The molecule has 0 bridgehead atoms. The highest BCUT2D eigenvalue weighted by Crippen LogP contribution is 2.28. The van der Waals surface area contributed by atoms with Gasteiger partial charge in [0.25, 0.3) is 0 Å². The van der Waals surface area contributed by atoms with E-state index in [1.165, 1.54) is 17.8 Å². The third kappa shape index (κ3) is 3.55. The van der Waals surface area contributed by atoms with E-state index in [4.69, 9.17) is 11.6 Å². The summed E-state index contributed by atoms with van der Waals surface area (Å²) in [6, 6.07) is 8.98. The van der Waals surface area contributed by atoms with Crippen molar-refractivity contribution >= 4 is 34.6 Å². The molecule has 1 aliphatic rings. The molecule has 3 rings (SSSR count).